The first-order chi connectivity index (χ1) is 22.6. The van der Waals surface area contributed by atoms with Crippen LogP contribution in [0.15, 0.2) is 48.9 Å². The summed E-state index contributed by atoms with van der Waals surface area (Å²) in [4.78, 5) is 35.1. The number of aromatic nitrogens is 4. The van der Waals surface area contributed by atoms with Crippen molar-refractivity contribution in [2.75, 3.05) is 51.4 Å². The molecule has 0 spiro atoms. The topological polar surface area (TPSA) is 111 Å². The maximum Gasteiger partial charge on any atom is 0.319 e. The molecule has 3 aromatic heterocycles. The first kappa shape index (κ1) is 32.3. The molecule has 244 valence electrons. The third-order valence-electron chi connectivity index (χ3n) is 8.42. The Balaban J connectivity index is 1.43. The highest BCUT2D eigenvalue weighted by Crippen LogP contribution is 2.37. The number of carbonyl (C=O) groups excluding carboxylic acids is 1. The number of anilines is 1. The molecule has 2 atom stereocenters. The van der Waals surface area contributed by atoms with Gasteiger partial charge in [0.15, 0.2) is 5.82 Å². The number of benzene rings is 1. The highest BCUT2D eigenvalue weighted by molar-refractivity contribution is 6.36. The third kappa shape index (κ3) is 6.50. The van der Waals surface area contributed by atoms with Crippen molar-refractivity contribution in [3.8, 4) is 23.3 Å². The summed E-state index contributed by atoms with van der Waals surface area (Å²) in [5.74, 6) is -3.87. The summed E-state index contributed by atoms with van der Waals surface area (Å²) < 4.78 is 63.3. The zero-order chi connectivity index (χ0) is 33.3. The van der Waals surface area contributed by atoms with Crippen LogP contribution in [0.2, 0.25) is 5.02 Å². The normalized spacial score (nSPS) is 19.9. The number of pyridine rings is 2. The second kappa shape index (κ2) is 13.2. The largest absolute Gasteiger partial charge is 0.462 e. The molecule has 0 N–H and O–H groups in total. The van der Waals surface area contributed by atoms with E-state index in [9.17, 15) is 23.2 Å². The van der Waals surface area contributed by atoms with Crippen LogP contribution in [0.4, 0.5) is 23.4 Å². The predicted molar refractivity (Wildman–Crippen MR) is 168 cm³/mol. The summed E-state index contributed by atoms with van der Waals surface area (Å²) in [6.07, 6.45) is 6.29. The van der Waals surface area contributed by atoms with E-state index in [-0.39, 0.29) is 61.1 Å². The molecule has 0 aliphatic carbocycles. The molecule has 15 heteroatoms. The number of amides is 1. The van der Waals surface area contributed by atoms with Crippen molar-refractivity contribution in [1.29, 1.82) is 5.26 Å². The first-order valence-corrected chi connectivity index (χ1v) is 15.2. The molecule has 2 fully saturated rings. The molecule has 4 aromatic rings. The van der Waals surface area contributed by atoms with E-state index in [1.807, 2.05) is 0 Å². The van der Waals surface area contributed by atoms with E-state index in [1.165, 1.54) is 22.2 Å². The zero-order valence-electron chi connectivity index (χ0n) is 25.2. The van der Waals surface area contributed by atoms with Crippen molar-refractivity contribution in [3.05, 3.63) is 59.8 Å². The van der Waals surface area contributed by atoms with Crippen LogP contribution in [0.3, 0.4) is 0 Å². The number of likely N-dealkylation sites (N-methyl/N-ethyl adjacent to an activating group) is 1. The highest BCUT2D eigenvalue weighted by Gasteiger charge is 2.43. The van der Waals surface area contributed by atoms with E-state index in [1.54, 1.807) is 36.3 Å². The highest BCUT2D eigenvalue weighted by atomic mass is 35.5. The maximum atomic E-state index is 16.6. The summed E-state index contributed by atoms with van der Waals surface area (Å²) in [5.41, 5.74) is 0.143. The van der Waals surface area contributed by atoms with Crippen LogP contribution in [-0.2, 0) is 4.79 Å². The number of likely N-dealkylation sites (tertiary alicyclic amines) is 1. The number of carbonyl (C=O) groups is 1. The molecule has 6 rings (SSSR count). The van der Waals surface area contributed by atoms with E-state index >= 15 is 4.39 Å². The molecule has 2 aliphatic rings. The van der Waals surface area contributed by atoms with Crippen molar-refractivity contribution in [3.63, 3.8) is 0 Å². The molecule has 2 aliphatic heterocycles. The maximum absolute atomic E-state index is 16.6. The number of ether oxygens (including phenoxy) is 1. The molecule has 47 heavy (non-hydrogen) atoms. The zero-order valence-corrected chi connectivity index (χ0v) is 26.0. The molecular formula is C32H29ClF4N8O2. The average molecular weight is 669 g/mol. The molecular weight excluding hydrogens is 640 g/mol. The average Bonchev–Trinajstić information content (AvgIpc) is 3.33. The van der Waals surface area contributed by atoms with Gasteiger partial charge in [0, 0.05) is 78.1 Å². The second-order valence-electron chi connectivity index (χ2n) is 11.5. The Labute approximate surface area is 272 Å². The van der Waals surface area contributed by atoms with Crippen molar-refractivity contribution >= 4 is 45.0 Å². The van der Waals surface area contributed by atoms with Crippen LogP contribution >= 0.6 is 11.6 Å². The molecule has 5 heterocycles. The number of fused-ring (bicyclic) bond motifs is 2. The third-order valence-corrected chi connectivity index (χ3v) is 8.73. The fraction of sp³-hybridized carbons (Fsp3) is 0.375. The smallest absolute Gasteiger partial charge is 0.319 e. The molecule has 2 saturated heterocycles. The Kier molecular flexibility index (Phi) is 9.11. The van der Waals surface area contributed by atoms with Gasteiger partial charge in [0.25, 0.3) is 5.92 Å². The fourth-order valence-electron chi connectivity index (χ4n) is 6.16. The van der Waals surface area contributed by atoms with Crippen molar-refractivity contribution in [2.45, 2.75) is 30.8 Å². The summed E-state index contributed by atoms with van der Waals surface area (Å²) in [7, 11) is 1.57. The standard InChI is InChI=1S/C32H29ClF4N8O2/c1-43-18-32(36,37)12-21(43)17-47-31-41-29-23(15-40-28(27(29)35)22-14-39-13-19-4-2-5-24(33)26(19)22)30(42-31)44-10-11-45(20(16-44)7-9-38)25(46)6-3-8-34/h2-6,13-15,20-21H,7-8,10-12,16-18H2,1H3/b6-3+. The number of hydrogen-bond donors (Lipinski definition) is 0. The number of piperazine rings is 1. The van der Waals surface area contributed by atoms with E-state index in [0.717, 1.165) is 12.2 Å². The number of halogens is 5. The Morgan fingerprint density at radius 3 is 2.79 bits per heavy atom. The van der Waals surface area contributed by atoms with E-state index in [0.29, 0.717) is 21.4 Å². The molecule has 1 amide bonds. The van der Waals surface area contributed by atoms with Gasteiger partial charge in [-0.1, -0.05) is 23.7 Å². The predicted octanol–water partition coefficient (Wildman–Crippen LogP) is 5.21. The summed E-state index contributed by atoms with van der Waals surface area (Å²) in [5, 5.41) is 11.3. The Hall–Kier alpha value is -4.61. The van der Waals surface area contributed by atoms with Gasteiger partial charge in [-0.05, 0) is 19.2 Å². The molecule has 10 nitrogen and oxygen atoms in total. The van der Waals surface area contributed by atoms with Gasteiger partial charge in [0.2, 0.25) is 5.91 Å². The first-order valence-electron chi connectivity index (χ1n) is 14.8. The second-order valence-corrected chi connectivity index (χ2v) is 11.9. The van der Waals surface area contributed by atoms with Crippen molar-refractivity contribution in [1.82, 2.24) is 29.7 Å². The lowest BCUT2D eigenvalue weighted by Gasteiger charge is -2.41. The monoisotopic (exact) mass is 668 g/mol. The molecule has 1 aromatic carbocycles. The van der Waals surface area contributed by atoms with Crippen LogP contribution in [-0.4, -0.2) is 100 Å². The number of nitrogens with zero attached hydrogens (tertiary/aromatic N) is 8. The Morgan fingerprint density at radius 1 is 1.21 bits per heavy atom. The number of allylic oxidation sites excluding steroid dienone is 1. The van der Waals surface area contributed by atoms with E-state index in [4.69, 9.17) is 16.3 Å². The number of alkyl halides is 3. The van der Waals surface area contributed by atoms with Crippen LogP contribution in [0, 0.1) is 17.1 Å². The van der Waals surface area contributed by atoms with Gasteiger partial charge < -0.3 is 14.5 Å². The molecule has 0 radical (unpaired) electrons. The lowest BCUT2D eigenvalue weighted by Crippen LogP contribution is -2.55. The van der Waals surface area contributed by atoms with Gasteiger partial charge in [0.1, 0.15) is 30.3 Å². The summed E-state index contributed by atoms with van der Waals surface area (Å²) in [6.45, 7) is -0.857. The fourth-order valence-corrected chi connectivity index (χ4v) is 6.44. The Morgan fingerprint density at radius 2 is 2.04 bits per heavy atom. The Bertz CT molecular complexity index is 1900. The van der Waals surface area contributed by atoms with Gasteiger partial charge in [-0.25, -0.2) is 17.6 Å². The number of nitriles is 1. The van der Waals surface area contributed by atoms with Gasteiger partial charge in [-0.15, -0.1) is 0 Å². The number of rotatable bonds is 8. The minimum absolute atomic E-state index is 0.0219. The number of hydrogen-bond acceptors (Lipinski definition) is 9. The van der Waals surface area contributed by atoms with Gasteiger partial charge >= 0.3 is 6.01 Å². The lowest BCUT2D eigenvalue weighted by molar-refractivity contribution is -0.128. The van der Waals surface area contributed by atoms with Crippen LogP contribution in [0.25, 0.3) is 32.9 Å². The van der Waals surface area contributed by atoms with Crippen LogP contribution < -0.4 is 9.64 Å². The van der Waals surface area contributed by atoms with Crippen molar-refractivity contribution < 1.29 is 27.1 Å². The van der Waals surface area contributed by atoms with Crippen LogP contribution in [0.1, 0.15) is 12.8 Å². The van der Waals surface area contributed by atoms with E-state index in [2.05, 4.69) is 26.0 Å². The van der Waals surface area contributed by atoms with Gasteiger partial charge in [-0.2, -0.15) is 15.2 Å². The lowest BCUT2D eigenvalue weighted by atomic mass is 10.0. The minimum Gasteiger partial charge on any atom is -0.462 e. The van der Waals surface area contributed by atoms with Gasteiger partial charge in [0.05, 0.1) is 30.5 Å². The minimum atomic E-state index is -2.87. The summed E-state index contributed by atoms with van der Waals surface area (Å²) >= 11 is 6.51. The van der Waals surface area contributed by atoms with Crippen molar-refractivity contribution in [2.24, 2.45) is 0 Å². The van der Waals surface area contributed by atoms with Crippen LogP contribution in [0.5, 0.6) is 6.01 Å². The quantitative estimate of drug-likeness (QED) is 0.185. The summed E-state index contributed by atoms with van der Waals surface area (Å²) in [6, 6.07) is 5.87. The molecule has 0 saturated carbocycles. The van der Waals surface area contributed by atoms with Gasteiger partial charge in [-0.3, -0.25) is 19.7 Å². The molecule has 0 bridgehead atoms. The molecule has 2 unspecified atom stereocenters. The van der Waals surface area contributed by atoms with E-state index < -0.39 is 49.4 Å². The SMILES string of the molecule is CN1CC(F)(F)CC1COc1nc(N2CCN(C(=O)/C=C/CF)C(CC#N)C2)c2cnc(-c3cncc4cccc(Cl)c34)c(F)c2n1.